The number of carbonyl (C=O) groups is 1. The van der Waals surface area contributed by atoms with E-state index in [-0.39, 0.29) is 6.42 Å². The predicted octanol–water partition coefficient (Wildman–Crippen LogP) is 5.64. The number of unbranched alkanes of at least 4 members (excludes halogenated alkanes) is 2. The van der Waals surface area contributed by atoms with Crippen LogP contribution in [0.2, 0.25) is 0 Å². The molecule has 0 atom stereocenters. The first-order valence-electron chi connectivity index (χ1n) is 8.59. The van der Waals surface area contributed by atoms with E-state index in [1.807, 2.05) is 0 Å². The number of hydrogen-bond acceptors (Lipinski definition) is 1. The molecule has 0 fully saturated rings. The Hall–Kier alpha value is -2.61. The maximum absolute atomic E-state index is 10.5. The Morgan fingerprint density at radius 2 is 1.38 bits per heavy atom. The Labute approximate surface area is 141 Å². The minimum Gasteiger partial charge on any atom is -0.247 e. The molecule has 0 bridgehead atoms. The van der Waals surface area contributed by atoms with Crippen LogP contribution in [0, 0.1) is 0 Å². The molecule has 2 nitrogen and oxygen atoms in total. The molecule has 0 saturated heterocycles. The molecule has 4 rings (SSSR count). The summed E-state index contributed by atoms with van der Waals surface area (Å²) >= 11 is 0. The molecular formula is C22H19O2. The largest absolute Gasteiger partial charge is 0.355 e. The molecule has 119 valence electrons. The van der Waals surface area contributed by atoms with Gasteiger partial charge in [-0.2, -0.15) is 0 Å². The maximum Gasteiger partial charge on any atom is 0.355 e. The summed E-state index contributed by atoms with van der Waals surface area (Å²) in [5.41, 5.74) is 1.36. The van der Waals surface area contributed by atoms with Crippen LogP contribution >= 0.6 is 0 Å². The van der Waals surface area contributed by atoms with Crippen molar-refractivity contribution in [1.82, 2.24) is 0 Å². The lowest BCUT2D eigenvalue weighted by Crippen LogP contribution is -1.94. The molecule has 24 heavy (non-hydrogen) atoms. The van der Waals surface area contributed by atoms with Gasteiger partial charge in [-0.05, 0) is 57.1 Å². The van der Waals surface area contributed by atoms with E-state index in [2.05, 4.69) is 54.6 Å². The van der Waals surface area contributed by atoms with Gasteiger partial charge < -0.3 is 0 Å². The van der Waals surface area contributed by atoms with Crippen molar-refractivity contribution in [3.8, 4) is 0 Å². The Bertz CT molecular complexity index is 1000. The fraction of sp³-hybridized carbons (Fsp3) is 0.227. The summed E-state index contributed by atoms with van der Waals surface area (Å²) in [6.07, 6.45) is 3.79. The molecule has 4 aromatic carbocycles. The molecule has 4 aromatic rings. The number of hydrogen-bond donors (Lipinski definition) is 0. The number of rotatable bonds is 6. The zero-order valence-corrected chi connectivity index (χ0v) is 13.5. The second kappa shape index (κ2) is 6.12. The molecule has 0 N–H and O–H groups in total. The van der Waals surface area contributed by atoms with E-state index in [0.29, 0.717) is 6.42 Å². The second-order valence-electron chi connectivity index (χ2n) is 6.51. The summed E-state index contributed by atoms with van der Waals surface area (Å²) in [7, 11) is 0. The third-order valence-corrected chi connectivity index (χ3v) is 4.95. The molecule has 2 heteroatoms. The summed E-state index contributed by atoms with van der Waals surface area (Å²) in [6.45, 7) is 0. The van der Waals surface area contributed by atoms with Crippen LogP contribution < -0.4 is 0 Å². The molecule has 0 saturated carbocycles. The number of benzene rings is 4. The summed E-state index contributed by atoms with van der Waals surface area (Å²) in [5.74, 6) is -0.947. The van der Waals surface area contributed by atoms with Gasteiger partial charge in [0.05, 0.1) is 6.42 Å². The van der Waals surface area contributed by atoms with Crippen LogP contribution in [0.25, 0.3) is 32.3 Å². The minimum absolute atomic E-state index is 0.165. The first-order valence-corrected chi connectivity index (χ1v) is 8.59. The van der Waals surface area contributed by atoms with Crippen LogP contribution in [0.5, 0.6) is 0 Å². The topological polar surface area (TPSA) is 37.0 Å². The molecule has 0 heterocycles. The lowest BCUT2D eigenvalue weighted by Gasteiger charge is -2.13. The Morgan fingerprint density at radius 3 is 2.12 bits per heavy atom. The van der Waals surface area contributed by atoms with Crippen molar-refractivity contribution in [3.05, 3.63) is 60.2 Å². The predicted molar refractivity (Wildman–Crippen MR) is 98.0 cm³/mol. The SMILES string of the molecule is [O]C(=O)CCCCCc1ccc2ccc3cccc4ccc1c2c34. The smallest absolute Gasteiger partial charge is 0.247 e. The van der Waals surface area contributed by atoms with Gasteiger partial charge in [0, 0.05) is 0 Å². The van der Waals surface area contributed by atoms with Gasteiger partial charge in [0.25, 0.3) is 0 Å². The van der Waals surface area contributed by atoms with Crippen LogP contribution in [0.3, 0.4) is 0 Å². The normalized spacial score (nSPS) is 11.7. The van der Waals surface area contributed by atoms with Crippen LogP contribution in [-0.4, -0.2) is 5.97 Å². The van der Waals surface area contributed by atoms with Gasteiger partial charge in [-0.3, -0.25) is 0 Å². The summed E-state index contributed by atoms with van der Waals surface area (Å²) in [6, 6.07) is 19.7. The lowest BCUT2D eigenvalue weighted by atomic mass is 9.90. The number of carbonyl (C=O) groups excluding carboxylic acids is 1. The number of aryl methyl sites for hydroxylation is 1. The molecule has 0 aliphatic carbocycles. The molecule has 0 amide bonds. The zero-order valence-electron chi connectivity index (χ0n) is 13.5. The first kappa shape index (κ1) is 14.9. The third kappa shape index (κ3) is 2.58. The highest BCUT2D eigenvalue weighted by atomic mass is 16.4. The van der Waals surface area contributed by atoms with Crippen LogP contribution in [0.15, 0.2) is 54.6 Å². The van der Waals surface area contributed by atoms with E-state index in [0.717, 1.165) is 19.3 Å². The second-order valence-corrected chi connectivity index (χ2v) is 6.51. The minimum atomic E-state index is -0.947. The third-order valence-electron chi connectivity index (χ3n) is 4.95. The average Bonchev–Trinajstić information content (AvgIpc) is 2.60. The van der Waals surface area contributed by atoms with Gasteiger partial charge in [0.1, 0.15) is 0 Å². The van der Waals surface area contributed by atoms with E-state index < -0.39 is 5.97 Å². The molecule has 1 radical (unpaired) electrons. The fourth-order valence-electron chi connectivity index (χ4n) is 3.78. The highest BCUT2D eigenvalue weighted by Crippen LogP contribution is 2.36. The van der Waals surface area contributed by atoms with Crippen molar-refractivity contribution in [2.75, 3.05) is 0 Å². The van der Waals surface area contributed by atoms with Crippen molar-refractivity contribution in [1.29, 1.82) is 0 Å². The van der Waals surface area contributed by atoms with Gasteiger partial charge >= 0.3 is 5.97 Å². The van der Waals surface area contributed by atoms with Crippen molar-refractivity contribution < 1.29 is 9.90 Å². The molecule has 0 unspecified atom stereocenters. The molecule has 0 aliphatic heterocycles. The standard InChI is InChI=1S/C22H19O2/c23-20(24)8-3-1-2-5-15-9-10-18-12-11-16-6-4-7-17-13-14-19(15)22(18)21(16)17/h4,6-7,9-14H,1-3,5,8H2. The highest BCUT2D eigenvalue weighted by molar-refractivity contribution is 6.23. The van der Waals surface area contributed by atoms with Crippen molar-refractivity contribution >= 4 is 38.3 Å². The monoisotopic (exact) mass is 315 g/mol. The van der Waals surface area contributed by atoms with Crippen molar-refractivity contribution in [2.24, 2.45) is 0 Å². The highest BCUT2D eigenvalue weighted by Gasteiger charge is 2.10. The van der Waals surface area contributed by atoms with Gasteiger partial charge in [-0.1, -0.05) is 61.0 Å². The quantitative estimate of drug-likeness (QED) is 0.335. The van der Waals surface area contributed by atoms with Gasteiger partial charge in [0.2, 0.25) is 0 Å². The maximum atomic E-state index is 10.5. The fourth-order valence-corrected chi connectivity index (χ4v) is 3.78. The van der Waals surface area contributed by atoms with Gasteiger partial charge in [0.15, 0.2) is 0 Å². The Balaban J connectivity index is 1.70. The van der Waals surface area contributed by atoms with Crippen LogP contribution in [0.1, 0.15) is 31.2 Å². The van der Waals surface area contributed by atoms with Gasteiger partial charge in [-0.25, -0.2) is 9.90 Å². The molecular weight excluding hydrogens is 296 g/mol. The lowest BCUT2D eigenvalue weighted by molar-refractivity contribution is -0.143. The van der Waals surface area contributed by atoms with Crippen LogP contribution in [-0.2, 0) is 16.3 Å². The van der Waals surface area contributed by atoms with Crippen molar-refractivity contribution in [2.45, 2.75) is 32.1 Å². The van der Waals surface area contributed by atoms with E-state index in [1.165, 1.54) is 37.9 Å². The first-order chi connectivity index (χ1) is 11.7. The van der Waals surface area contributed by atoms with E-state index in [1.54, 1.807) is 0 Å². The average molecular weight is 315 g/mol. The summed E-state index contributed by atoms with van der Waals surface area (Å²) < 4.78 is 0. The Morgan fingerprint density at radius 1 is 0.708 bits per heavy atom. The summed E-state index contributed by atoms with van der Waals surface area (Å²) in [5, 5.41) is 18.4. The van der Waals surface area contributed by atoms with Crippen LogP contribution in [0.4, 0.5) is 0 Å². The van der Waals surface area contributed by atoms with E-state index >= 15 is 0 Å². The molecule has 0 aliphatic rings. The van der Waals surface area contributed by atoms with Crippen molar-refractivity contribution in [3.63, 3.8) is 0 Å². The van der Waals surface area contributed by atoms with Gasteiger partial charge in [-0.15, -0.1) is 0 Å². The molecule has 0 spiro atoms. The zero-order chi connectivity index (χ0) is 16.5. The summed E-state index contributed by atoms with van der Waals surface area (Å²) in [4.78, 5) is 10.5. The molecule has 0 aromatic heterocycles. The van der Waals surface area contributed by atoms with E-state index in [4.69, 9.17) is 0 Å². The van der Waals surface area contributed by atoms with E-state index in [9.17, 15) is 9.90 Å². The Kier molecular flexibility index (Phi) is 3.81.